The highest BCUT2D eigenvalue weighted by atomic mass is 32.2. The molecule has 1 aliphatic heterocycles. The summed E-state index contributed by atoms with van der Waals surface area (Å²) in [6, 6.07) is 24.0. The average Bonchev–Trinajstić information content (AvgIpc) is 2.95. The monoisotopic (exact) mass is 527 g/mol. The molecular formula is C32H37N3O2S. The summed E-state index contributed by atoms with van der Waals surface area (Å²) < 4.78 is 0. The number of hydrogen-bond donors (Lipinski definition) is 1. The number of benzene rings is 3. The summed E-state index contributed by atoms with van der Waals surface area (Å²) in [6.07, 6.45) is 6.57. The van der Waals surface area contributed by atoms with Crippen molar-refractivity contribution in [2.24, 2.45) is 0 Å². The van der Waals surface area contributed by atoms with Crippen LogP contribution in [0.2, 0.25) is 0 Å². The van der Waals surface area contributed by atoms with Crippen LogP contribution in [0.1, 0.15) is 46.3 Å². The van der Waals surface area contributed by atoms with Gasteiger partial charge >= 0.3 is 0 Å². The van der Waals surface area contributed by atoms with Gasteiger partial charge < -0.3 is 15.1 Å². The Morgan fingerprint density at radius 2 is 1.68 bits per heavy atom. The number of anilines is 1. The first-order chi connectivity index (χ1) is 18.5. The number of aldehydes is 1. The number of nitrogens with one attached hydrogen (secondary N) is 1. The van der Waals surface area contributed by atoms with Crippen molar-refractivity contribution in [2.75, 3.05) is 38.1 Å². The molecule has 6 heteroatoms. The number of amides is 1. The molecular weight excluding hydrogens is 490 g/mol. The zero-order chi connectivity index (χ0) is 26.7. The first-order valence-electron chi connectivity index (χ1n) is 13.3. The molecule has 1 saturated heterocycles. The van der Waals surface area contributed by atoms with E-state index in [1.807, 2.05) is 48.5 Å². The van der Waals surface area contributed by atoms with Gasteiger partial charge in [-0.25, -0.2) is 0 Å². The zero-order valence-electron chi connectivity index (χ0n) is 22.4. The lowest BCUT2D eigenvalue weighted by Gasteiger charge is -2.26. The lowest BCUT2D eigenvalue weighted by atomic mass is 10.1. The van der Waals surface area contributed by atoms with Crippen molar-refractivity contribution in [2.45, 2.75) is 37.6 Å². The van der Waals surface area contributed by atoms with Crippen molar-refractivity contribution in [1.29, 1.82) is 0 Å². The second-order valence-electron chi connectivity index (χ2n) is 9.80. The number of aryl methyl sites for hydroxylation is 1. The van der Waals surface area contributed by atoms with Crippen LogP contribution in [0.3, 0.4) is 0 Å². The van der Waals surface area contributed by atoms with Gasteiger partial charge in [-0.2, -0.15) is 0 Å². The van der Waals surface area contributed by atoms with Crippen molar-refractivity contribution in [3.8, 4) is 0 Å². The Labute approximate surface area is 230 Å². The van der Waals surface area contributed by atoms with Gasteiger partial charge in [0.25, 0.3) is 5.91 Å². The molecule has 0 spiro atoms. The van der Waals surface area contributed by atoms with Gasteiger partial charge in [0.2, 0.25) is 0 Å². The van der Waals surface area contributed by atoms with Gasteiger partial charge in [0.05, 0.1) is 10.6 Å². The maximum absolute atomic E-state index is 12.6. The van der Waals surface area contributed by atoms with E-state index in [4.69, 9.17) is 0 Å². The van der Waals surface area contributed by atoms with Crippen LogP contribution in [0.15, 0.2) is 82.6 Å². The maximum Gasteiger partial charge on any atom is 0.251 e. The third-order valence-corrected chi connectivity index (χ3v) is 7.95. The fourth-order valence-corrected chi connectivity index (χ4v) is 5.68. The highest BCUT2D eigenvalue weighted by molar-refractivity contribution is 8.04. The predicted octanol–water partition coefficient (Wildman–Crippen LogP) is 6.18. The van der Waals surface area contributed by atoms with E-state index in [0.29, 0.717) is 17.0 Å². The number of carbonyl (C=O) groups excluding carboxylic acids is 2. The molecule has 198 valence electrons. The molecule has 4 rings (SSSR count). The Hall–Kier alpha value is -3.35. The maximum atomic E-state index is 12.6. The van der Waals surface area contributed by atoms with Crippen LogP contribution in [-0.4, -0.2) is 50.3 Å². The van der Waals surface area contributed by atoms with Crippen LogP contribution in [-0.2, 0) is 11.3 Å². The molecule has 1 amide bonds. The highest BCUT2D eigenvalue weighted by Gasteiger charge is 2.13. The second kappa shape index (κ2) is 14.0. The van der Waals surface area contributed by atoms with Crippen molar-refractivity contribution in [1.82, 2.24) is 10.2 Å². The average molecular weight is 528 g/mol. The van der Waals surface area contributed by atoms with E-state index in [1.165, 1.54) is 42.2 Å². The normalized spacial score (nSPS) is 14.2. The Morgan fingerprint density at radius 3 is 2.42 bits per heavy atom. The Kier molecular flexibility index (Phi) is 10.2. The fourth-order valence-electron chi connectivity index (χ4n) is 4.71. The topological polar surface area (TPSA) is 52.7 Å². The van der Waals surface area contributed by atoms with E-state index in [9.17, 15) is 9.59 Å². The van der Waals surface area contributed by atoms with E-state index in [0.717, 1.165) is 48.6 Å². The number of likely N-dealkylation sites (tertiary alicyclic amines) is 1. The van der Waals surface area contributed by atoms with Crippen LogP contribution < -0.4 is 10.2 Å². The molecule has 1 heterocycles. The van der Waals surface area contributed by atoms with E-state index >= 15 is 0 Å². The first kappa shape index (κ1) is 27.7. The molecule has 0 unspecified atom stereocenters. The van der Waals surface area contributed by atoms with Gasteiger partial charge in [0.15, 0.2) is 6.29 Å². The molecule has 0 saturated carbocycles. The number of nitrogens with zero attached hydrogens (tertiary/aromatic N) is 2. The number of hydrogen-bond acceptors (Lipinski definition) is 5. The lowest BCUT2D eigenvalue weighted by Crippen LogP contribution is -2.37. The molecule has 38 heavy (non-hydrogen) atoms. The largest absolute Gasteiger partial charge is 0.369 e. The van der Waals surface area contributed by atoms with Gasteiger partial charge in [-0.15, -0.1) is 0 Å². The Bertz CT molecular complexity index is 1250. The number of para-hydroxylation sites is 1. The Morgan fingerprint density at radius 1 is 0.974 bits per heavy atom. The summed E-state index contributed by atoms with van der Waals surface area (Å²) >= 11 is 1.46. The van der Waals surface area contributed by atoms with Crippen molar-refractivity contribution in [3.05, 3.63) is 100.0 Å². The van der Waals surface area contributed by atoms with Crippen LogP contribution in [0.25, 0.3) is 6.08 Å². The van der Waals surface area contributed by atoms with Crippen LogP contribution >= 0.6 is 11.8 Å². The standard InChI is InChI=1S/C32H37N3O2S/c1-25-10-4-5-11-28(25)23-34(2)30-12-6-7-13-31(30)38-29(24-36)22-26-14-16-27(17-15-26)32(37)33-18-21-35-19-8-3-9-20-35/h4-7,10-17,22,24H,3,8-9,18-21,23H2,1-2H3,(H,33,37)/b29-22-. The van der Waals surface area contributed by atoms with Crippen LogP contribution in [0.5, 0.6) is 0 Å². The van der Waals surface area contributed by atoms with Crippen molar-refractivity contribution in [3.63, 3.8) is 0 Å². The summed E-state index contributed by atoms with van der Waals surface area (Å²) in [6.45, 7) is 6.72. The second-order valence-corrected chi connectivity index (χ2v) is 10.9. The quantitative estimate of drug-likeness (QED) is 0.183. The summed E-state index contributed by atoms with van der Waals surface area (Å²) in [5.74, 6) is -0.0619. The number of piperidine rings is 1. The van der Waals surface area contributed by atoms with Gasteiger partial charge in [0.1, 0.15) is 0 Å². The van der Waals surface area contributed by atoms with E-state index in [2.05, 4.69) is 59.4 Å². The van der Waals surface area contributed by atoms with Gasteiger partial charge in [-0.05, 0) is 79.9 Å². The minimum atomic E-state index is -0.0619. The first-order valence-corrected chi connectivity index (χ1v) is 14.1. The van der Waals surface area contributed by atoms with Gasteiger partial charge in [-0.3, -0.25) is 9.59 Å². The Balaban J connectivity index is 1.38. The summed E-state index contributed by atoms with van der Waals surface area (Å²) in [7, 11) is 2.08. The lowest BCUT2D eigenvalue weighted by molar-refractivity contribution is -0.104. The van der Waals surface area contributed by atoms with E-state index < -0.39 is 0 Å². The molecule has 3 aromatic carbocycles. The zero-order valence-corrected chi connectivity index (χ0v) is 23.2. The predicted molar refractivity (Wildman–Crippen MR) is 159 cm³/mol. The number of rotatable bonds is 11. The number of allylic oxidation sites excluding steroid dienone is 1. The summed E-state index contributed by atoms with van der Waals surface area (Å²) in [5, 5.41) is 3.03. The minimum absolute atomic E-state index is 0.0619. The van der Waals surface area contributed by atoms with Gasteiger partial charge in [-0.1, -0.05) is 66.7 Å². The third kappa shape index (κ3) is 7.83. The minimum Gasteiger partial charge on any atom is -0.369 e. The van der Waals surface area contributed by atoms with E-state index in [-0.39, 0.29) is 5.91 Å². The summed E-state index contributed by atoms with van der Waals surface area (Å²) in [4.78, 5) is 30.8. The van der Waals surface area contributed by atoms with Crippen LogP contribution in [0.4, 0.5) is 5.69 Å². The molecule has 0 aromatic heterocycles. The number of thioether (sulfide) groups is 1. The summed E-state index contributed by atoms with van der Waals surface area (Å²) in [5.41, 5.74) is 5.12. The molecule has 1 fully saturated rings. The molecule has 5 nitrogen and oxygen atoms in total. The molecule has 0 bridgehead atoms. The van der Waals surface area contributed by atoms with Crippen LogP contribution in [0, 0.1) is 6.92 Å². The van der Waals surface area contributed by atoms with E-state index in [1.54, 1.807) is 0 Å². The number of carbonyl (C=O) groups is 2. The fraction of sp³-hybridized carbons (Fsp3) is 0.312. The molecule has 0 radical (unpaired) electrons. The highest BCUT2D eigenvalue weighted by Crippen LogP contribution is 2.35. The molecule has 0 atom stereocenters. The SMILES string of the molecule is Cc1ccccc1CN(C)c1ccccc1S/C(C=O)=C\c1ccc(C(=O)NCCN2CCCCC2)cc1. The van der Waals surface area contributed by atoms with Crippen molar-refractivity contribution < 1.29 is 9.59 Å². The third-order valence-electron chi connectivity index (χ3n) is 6.93. The molecule has 1 aliphatic rings. The smallest absolute Gasteiger partial charge is 0.251 e. The molecule has 0 aliphatic carbocycles. The molecule has 3 aromatic rings. The van der Waals surface area contributed by atoms with Crippen molar-refractivity contribution >= 4 is 35.7 Å². The molecule has 1 N–H and O–H groups in total. The van der Waals surface area contributed by atoms with Gasteiger partial charge in [0, 0.05) is 37.1 Å².